The molecule has 1 aromatic carbocycles. The minimum Gasteiger partial charge on any atom is -0.484 e. The topological polar surface area (TPSA) is 64.4 Å². The van der Waals surface area contributed by atoms with Crippen molar-refractivity contribution in [3.63, 3.8) is 0 Å². The van der Waals surface area contributed by atoms with E-state index in [1.54, 1.807) is 12.1 Å². The molecule has 1 atom stereocenters. The fraction of sp³-hybridized carbons (Fsp3) is 0.625. The van der Waals surface area contributed by atoms with Crippen LogP contribution in [-0.2, 0) is 0 Å². The summed E-state index contributed by atoms with van der Waals surface area (Å²) in [7, 11) is 0. The van der Waals surface area contributed by atoms with Crippen LogP contribution in [0.25, 0.3) is 0 Å². The summed E-state index contributed by atoms with van der Waals surface area (Å²) in [6, 6.07) is 5.44. The van der Waals surface area contributed by atoms with Gasteiger partial charge in [-0.25, -0.2) is 0 Å². The number of nitrogens with zero attached hydrogens (tertiary/aromatic N) is 1. The van der Waals surface area contributed by atoms with Gasteiger partial charge in [0.25, 0.3) is 0 Å². The number of benzene rings is 1. The van der Waals surface area contributed by atoms with Crippen LogP contribution >= 0.6 is 0 Å². The molecule has 0 amide bonds. The molecule has 0 saturated heterocycles. The Morgan fingerprint density at radius 2 is 2.14 bits per heavy atom. The van der Waals surface area contributed by atoms with Crippen LogP contribution in [0.3, 0.4) is 0 Å². The average molecular weight is 292 g/mol. The lowest BCUT2D eigenvalue weighted by Crippen LogP contribution is -2.17. The maximum Gasteiger partial charge on any atom is 0.311 e. The second-order valence-electron chi connectivity index (χ2n) is 6.85. The summed E-state index contributed by atoms with van der Waals surface area (Å²) in [6.07, 6.45) is 3.35. The van der Waals surface area contributed by atoms with Gasteiger partial charge < -0.3 is 10.1 Å². The van der Waals surface area contributed by atoms with Crippen LogP contribution in [0.5, 0.6) is 5.75 Å². The highest BCUT2D eigenvalue weighted by Crippen LogP contribution is 2.39. The van der Waals surface area contributed by atoms with Gasteiger partial charge in [-0.3, -0.25) is 10.1 Å². The molecular weight excluding hydrogens is 268 g/mol. The van der Waals surface area contributed by atoms with Gasteiger partial charge in [0, 0.05) is 23.9 Å². The Kier molecular flexibility index (Phi) is 4.40. The SMILES string of the molecule is CC(C)Oc1cc(NC2CCC(C)(C)C2)ccc1[N+](=O)[O-]. The van der Waals surface area contributed by atoms with Crippen molar-refractivity contribution in [3.8, 4) is 5.75 Å². The first-order chi connectivity index (χ1) is 9.77. The number of ether oxygens (including phenoxy) is 1. The van der Waals surface area contributed by atoms with E-state index in [1.165, 1.54) is 12.5 Å². The summed E-state index contributed by atoms with van der Waals surface area (Å²) in [5.74, 6) is 0.331. The third-order valence-corrected chi connectivity index (χ3v) is 3.86. The summed E-state index contributed by atoms with van der Waals surface area (Å²) in [5.41, 5.74) is 1.27. The zero-order valence-electron chi connectivity index (χ0n) is 13.2. The van der Waals surface area contributed by atoms with Crippen LogP contribution in [0.4, 0.5) is 11.4 Å². The number of hydrogen-bond acceptors (Lipinski definition) is 4. The van der Waals surface area contributed by atoms with Crippen molar-refractivity contribution >= 4 is 11.4 Å². The van der Waals surface area contributed by atoms with E-state index in [0.29, 0.717) is 17.2 Å². The second-order valence-corrected chi connectivity index (χ2v) is 6.85. The Morgan fingerprint density at radius 1 is 1.43 bits per heavy atom. The molecule has 0 spiro atoms. The summed E-state index contributed by atoms with van der Waals surface area (Å²) in [6.45, 7) is 8.28. The van der Waals surface area contributed by atoms with Gasteiger partial charge in [0.2, 0.25) is 0 Å². The van der Waals surface area contributed by atoms with E-state index in [9.17, 15) is 10.1 Å². The largest absolute Gasteiger partial charge is 0.484 e. The van der Waals surface area contributed by atoms with Crippen LogP contribution in [0.1, 0.15) is 47.0 Å². The third kappa shape index (κ3) is 4.09. The standard InChI is InChI=1S/C16H24N2O3/c1-11(2)21-15-9-12(5-6-14(15)18(19)20)17-13-7-8-16(3,4)10-13/h5-6,9,11,13,17H,7-8,10H2,1-4H3. The number of rotatable bonds is 5. The fourth-order valence-corrected chi connectivity index (χ4v) is 2.90. The lowest BCUT2D eigenvalue weighted by atomic mass is 9.92. The molecule has 0 heterocycles. The zero-order valence-corrected chi connectivity index (χ0v) is 13.2. The normalized spacial score (nSPS) is 20.5. The Morgan fingerprint density at radius 3 is 2.67 bits per heavy atom. The first-order valence-electron chi connectivity index (χ1n) is 7.48. The highest BCUT2D eigenvalue weighted by molar-refractivity contribution is 5.58. The number of nitro benzene ring substituents is 1. The first-order valence-corrected chi connectivity index (χ1v) is 7.48. The molecule has 116 valence electrons. The van der Waals surface area contributed by atoms with Gasteiger partial charge in [-0.2, -0.15) is 0 Å². The molecule has 0 bridgehead atoms. The van der Waals surface area contributed by atoms with E-state index in [1.807, 2.05) is 13.8 Å². The monoisotopic (exact) mass is 292 g/mol. The van der Waals surface area contributed by atoms with Gasteiger partial charge in [-0.15, -0.1) is 0 Å². The molecule has 1 N–H and O–H groups in total. The summed E-state index contributed by atoms with van der Waals surface area (Å²) in [5, 5.41) is 14.5. The molecule has 5 nitrogen and oxygen atoms in total. The molecule has 21 heavy (non-hydrogen) atoms. The third-order valence-electron chi connectivity index (χ3n) is 3.86. The maximum absolute atomic E-state index is 11.0. The smallest absolute Gasteiger partial charge is 0.311 e. The van der Waals surface area contributed by atoms with E-state index in [-0.39, 0.29) is 11.8 Å². The lowest BCUT2D eigenvalue weighted by molar-refractivity contribution is -0.386. The predicted octanol–water partition coefficient (Wildman–Crippen LogP) is 4.37. The molecule has 1 unspecified atom stereocenters. The molecule has 0 aromatic heterocycles. The van der Waals surface area contributed by atoms with Crippen molar-refractivity contribution in [1.82, 2.24) is 0 Å². The Hall–Kier alpha value is -1.78. The van der Waals surface area contributed by atoms with Crippen molar-refractivity contribution in [2.45, 2.75) is 59.1 Å². The number of anilines is 1. The number of hydrogen-bond donors (Lipinski definition) is 1. The van der Waals surface area contributed by atoms with Gasteiger partial charge in [0.05, 0.1) is 11.0 Å². The van der Waals surface area contributed by atoms with E-state index < -0.39 is 4.92 Å². The highest BCUT2D eigenvalue weighted by Gasteiger charge is 2.31. The Balaban J connectivity index is 2.15. The molecule has 1 aliphatic carbocycles. The molecule has 1 aliphatic rings. The van der Waals surface area contributed by atoms with Crippen molar-refractivity contribution < 1.29 is 9.66 Å². The molecule has 1 aromatic rings. The minimum absolute atomic E-state index is 0.0148. The van der Waals surface area contributed by atoms with E-state index in [2.05, 4.69) is 19.2 Å². The molecule has 0 radical (unpaired) electrons. The Labute approximate surface area is 125 Å². The van der Waals surface area contributed by atoms with Crippen LogP contribution in [-0.4, -0.2) is 17.1 Å². The van der Waals surface area contributed by atoms with Gasteiger partial charge >= 0.3 is 5.69 Å². The van der Waals surface area contributed by atoms with Crippen LogP contribution in [0.15, 0.2) is 18.2 Å². The fourth-order valence-electron chi connectivity index (χ4n) is 2.90. The van der Waals surface area contributed by atoms with Crippen molar-refractivity contribution in [3.05, 3.63) is 28.3 Å². The van der Waals surface area contributed by atoms with Crippen LogP contribution in [0.2, 0.25) is 0 Å². The minimum atomic E-state index is -0.403. The lowest BCUT2D eigenvalue weighted by Gasteiger charge is -2.19. The molecule has 0 aliphatic heterocycles. The van der Waals surface area contributed by atoms with Gasteiger partial charge in [0.1, 0.15) is 0 Å². The second kappa shape index (κ2) is 5.92. The van der Waals surface area contributed by atoms with Gasteiger partial charge in [-0.05, 0) is 44.6 Å². The molecule has 1 fully saturated rings. The average Bonchev–Trinajstić information content (AvgIpc) is 2.67. The van der Waals surface area contributed by atoms with E-state index in [4.69, 9.17) is 4.74 Å². The first kappa shape index (κ1) is 15.6. The number of nitro groups is 1. The van der Waals surface area contributed by atoms with E-state index in [0.717, 1.165) is 18.5 Å². The quantitative estimate of drug-likeness (QED) is 0.646. The molecule has 2 rings (SSSR count). The Bertz CT molecular complexity index is 526. The summed E-state index contributed by atoms with van der Waals surface area (Å²) >= 11 is 0. The van der Waals surface area contributed by atoms with Crippen LogP contribution in [0, 0.1) is 15.5 Å². The van der Waals surface area contributed by atoms with Gasteiger partial charge in [-0.1, -0.05) is 13.8 Å². The highest BCUT2D eigenvalue weighted by atomic mass is 16.6. The van der Waals surface area contributed by atoms with Crippen molar-refractivity contribution in [1.29, 1.82) is 0 Å². The molecule has 1 saturated carbocycles. The van der Waals surface area contributed by atoms with Crippen molar-refractivity contribution in [2.75, 3.05) is 5.32 Å². The molecular formula is C16H24N2O3. The maximum atomic E-state index is 11.0. The van der Waals surface area contributed by atoms with Crippen LogP contribution < -0.4 is 10.1 Å². The summed E-state index contributed by atoms with van der Waals surface area (Å²) in [4.78, 5) is 10.6. The predicted molar refractivity (Wildman–Crippen MR) is 83.9 cm³/mol. The summed E-state index contributed by atoms with van der Waals surface area (Å²) < 4.78 is 5.57. The van der Waals surface area contributed by atoms with Gasteiger partial charge in [0.15, 0.2) is 5.75 Å². The van der Waals surface area contributed by atoms with Crippen molar-refractivity contribution in [2.24, 2.45) is 5.41 Å². The number of nitrogens with one attached hydrogen (secondary N) is 1. The zero-order chi connectivity index (χ0) is 15.6. The van der Waals surface area contributed by atoms with E-state index >= 15 is 0 Å². The molecule has 5 heteroatoms.